The Labute approximate surface area is 129 Å². The van der Waals surface area contributed by atoms with E-state index in [0.717, 1.165) is 16.4 Å². The van der Waals surface area contributed by atoms with E-state index in [0.29, 0.717) is 12.0 Å². The van der Waals surface area contributed by atoms with Gasteiger partial charge < -0.3 is 5.32 Å². The van der Waals surface area contributed by atoms with Crippen molar-refractivity contribution in [1.29, 1.82) is 0 Å². The first-order chi connectivity index (χ1) is 9.70. The van der Waals surface area contributed by atoms with Gasteiger partial charge in [-0.15, -0.1) is 5.10 Å². The van der Waals surface area contributed by atoms with Gasteiger partial charge in [-0.2, -0.15) is 0 Å². The van der Waals surface area contributed by atoms with Crippen molar-refractivity contribution in [3.05, 3.63) is 10.3 Å². The summed E-state index contributed by atoms with van der Waals surface area (Å²) in [6.45, 7) is 0. The van der Waals surface area contributed by atoms with E-state index in [9.17, 15) is 0 Å². The maximum absolute atomic E-state index is 4.15. The van der Waals surface area contributed by atoms with Gasteiger partial charge in [-0.05, 0) is 60.0 Å². The van der Waals surface area contributed by atoms with Crippen LogP contribution in [0.25, 0.3) is 0 Å². The molecular formula is C15H25BrN4. The Kier molecular flexibility index (Phi) is 4.46. The van der Waals surface area contributed by atoms with Crippen molar-refractivity contribution in [1.82, 2.24) is 20.3 Å². The van der Waals surface area contributed by atoms with Gasteiger partial charge in [0.05, 0.1) is 11.7 Å². The Bertz CT molecular complexity index is 439. The number of fused-ring (bicyclic) bond motifs is 1. The van der Waals surface area contributed by atoms with Gasteiger partial charge in [0.2, 0.25) is 0 Å². The zero-order valence-corrected chi connectivity index (χ0v) is 14.1. The fourth-order valence-corrected chi connectivity index (χ4v) is 5.05. The van der Waals surface area contributed by atoms with Crippen LogP contribution in [0.1, 0.15) is 56.7 Å². The maximum atomic E-state index is 4.15. The van der Waals surface area contributed by atoms with Crippen LogP contribution in [0.5, 0.6) is 0 Å². The van der Waals surface area contributed by atoms with E-state index in [4.69, 9.17) is 0 Å². The second kappa shape index (κ2) is 6.14. The third kappa shape index (κ3) is 2.67. The molecule has 1 aromatic rings. The third-order valence-electron chi connectivity index (χ3n) is 5.48. The number of hydrogen-bond donors (Lipinski definition) is 1. The minimum absolute atomic E-state index is 0.368. The van der Waals surface area contributed by atoms with Gasteiger partial charge in [0.25, 0.3) is 0 Å². The number of halogens is 1. The van der Waals surface area contributed by atoms with Crippen LogP contribution in [0, 0.1) is 17.8 Å². The Hall–Kier alpha value is -0.420. The molecule has 0 saturated heterocycles. The van der Waals surface area contributed by atoms with Crippen molar-refractivity contribution in [2.24, 2.45) is 24.8 Å². The molecule has 4 atom stereocenters. The van der Waals surface area contributed by atoms with Crippen LogP contribution in [0.4, 0.5) is 0 Å². The third-order valence-corrected chi connectivity index (χ3v) is 6.05. The topological polar surface area (TPSA) is 42.7 Å². The molecule has 2 aliphatic rings. The van der Waals surface area contributed by atoms with Gasteiger partial charge in [0, 0.05) is 7.05 Å². The van der Waals surface area contributed by atoms with E-state index in [-0.39, 0.29) is 0 Å². The summed E-state index contributed by atoms with van der Waals surface area (Å²) in [4.78, 5) is 0. The molecule has 2 aliphatic carbocycles. The Morgan fingerprint density at radius 1 is 1.20 bits per heavy atom. The van der Waals surface area contributed by atoms with E-state index in [1.807, 2.05) is 11.7 Å². The number of aryl methyl sites for hydroxylation is 1. The van der Waals surface area contributed by atoms with Crippen LogP contribution in [-0.2, 0) is 7.05 Å². The molecule has 1 aromatic heterocycles. The van der Waals surface area contributed by atoms with Crippen molar-refractivity contribution in [3.63, 3.8) is 0 Å². The first-order valence-electron chi connectivity index (χ1n) is 7.93. The van der Waals surface area contributed by atoms with Crippen LogP contribution in [0.15, 0.2) is 4.60 Å². The Morgan fingerprint density at radius 3 is 2.60 bits per heavy atom. The molecule has 112 valence electrons. The fourth-order valence-electron chi connectivity index (χ4n) is 4.48. The lowest BCUT2D eigenvalue weighted by Gasteiger charge is -2.41. The predicted molar refractivity (Wildman–Crippen MR) is 83.3 cm³/mol. The van der Waals surface area contributed by atoms with E-state index >= 15 is 0 Å². The first-order valence-corrected chi connectivity index (χ1v) is 8.72. The summed E-state index contributed by atoms with van der Waals surface area (Å²) in [7, 11) is 4.06. The monoisotopic (exact) mass is 340 g/mol. The van der Waals surface area contributed by atoms with Gasteiger partial charge in [-0.3, -0.25) is 0 Å². The summed E-state index contributed by atoms with van der Waals surface area (Å²) in [6.07, 6.45) is 9.93. The number of nitrogens with one attached hydrogen (secondary N) is 1. The van der Waals surface area contributed by atoms with Crippen molar-refractivity contribution in [3.8, 4) is 0 Å². The molecule has 1 N–H and O–H groups in total. The number of nitrogens with zero attached hydrogens (tertiary/aromatic N) is 3. The average molecular weight is 341 g/mol. The SMILES string of the molecule is CNC(c1c(Br)nnn1C)C1CCC2CCCCC2C1. The van der Waals surface area contributed by atoms with Gasteiger partial charge in [-0.1, -0.05) is 30.9 Å². The number of hydrogen-bond acceptors (Lipinski definition) is 3. The minimum Gasteiger partial charge on any atom is -0.311 e. The van der Waals surface area contributed by atoms with Crippen LogP contribution in [0.3, 0.4) is 0 Å². The molecular weight excluding hydrogens is 316 g/mol. The summed E-state index contributed by atoms with van der Waals surface area (Å²) in [5.41, 5.74) is 1.20. The lowest BCUT2D eigenvalue weighted by atomic mass is 9.66. The summed E-state index contributed by atoms with van der Waals surface area (Å²) in [5, 5.41) is 11.8. The van der Waals surface area contributed by atoms with Crippen LogP contribution in [-0.4, -0.2) is 22.0 Å². The molecule has 5 heteroatoms. The molecule has 1 heterocycles. The fraction of sp³-hybridized carbons (Fsp3) is 0.867. The Morgan fingerprint density at radius 2 is 1.95 bits per heavy atom. The van der Waals surface area contributed by atoms with Crippen molar-refractivity contribution in [2.75, 3.05) is 7.05 Å². The molecule has 20 heavy (non-hydrogen) atoms. The highest BCUT2D eigenvalue weighted by Crippen LogP contribution is 2.46. The quantitative estimate of drug-likeness (QED) is 0.916. The predicted octanol–water partition coefficient (Wildman–Crippen LogP) is 3.44. The van der Waals surface area contributed by atoms with E-state index in [2.05, 4.69) is 38.6 Å². The molecule has 0 amide bonds. The minimum atomic E-state index is 0.368. The van der Waals surface area contributed by atoms with Crippen molar-refractivity contribution < 1.29 is 0 Å². The molecule has 2 saturated carbocycles. The zero-order chi connectivity index (χ0) is 14.1. The zero-order valence-electron chi connectivity index (χ0n) is 12.5. The normalized spacial score (nSPS) is 31.9. The first kappa shape index (κ1) is 14.5. The van der Waals surface area contributed by atoms with Crippen LogP contribution < -0.4 is 5.32 Å². The Balaban J connectivity index is 1.77. The van der Waals surface area contributed by atoms with Crippen LogP contribution in [0.2, 0.25) is 0 Å². The number of aromatic nitrogens is 3. The molecule has 0 aromatic carbocycles. The molecule has 0 bridgehead atoms. The van der Waals surface area contributed by atoms with Crippen LogP contribution >= 0.6 is 15.9 Å². The molecule has 4 unspecified atom stereocenters. The lowest BCUT2D eigenvalue weighted by Crippen LogP contribution is -2.35. The highest BCUT2D eigenvalue weighted by atomic mass is 79.9. The largest absolute Gasteiger partial charge is 0.311 e. The van der Waals surface area contributed by atoms with E-state index in [1.165, 1.54) is 50.6 Å². The van der Waals surface area contributed by atoms with E-state index in [1.54, 1.807) is 0 Å². The second-order valence-electron chi connectivity index (χ2n) is 6.53. The van der Waals surface area contributed by atoms with Gasteiger partial charge in [0.1, 0.15) is 0 Å². The summed E-state index contributed by atoms with van der Waals surface area (Å²) in [6, 6.07) is 0.368. The van der Waals surface area contributed by atoms with E-state index < -0.39 is 0 Å². The van der Waals surface area contributed by atoms with Crippen molar-refractivity contribution in [2.45, 2.75) is 51.0 Å². The smallest absolute Gasteiger partial charge is 0.153 e. The molecule has 3 rings (SSSR count). The number of rotatable bonds is 3. The lowest BCUT2D eigenvalue weighted by molar-refractivity contribution is 0.109. The summed E-state index contributed by atoms with van der Waals surface area (Å²) >= 11 is 3.56. The highest BCUT2D eigenvalue weighted by Gasteiger charge is 2.37. The second-order valence-corrected chi connectivity index (χ2v) is 7.28. The molecule has 0 spiro atoms. The molecule has 4 nitrogen and oxygen atoms in total. The summed E-state index contributed by atoms with van der Waals surface area (Å²) in [5.74, 6) is 2.68. The maximum Gasteiger partial charge on any atom is 0.153 e. The standard InChI is InChI=1S/C15H25BrN4/c1-17-13(14-15(16)18-19-20(14)2)12-8-7-10-5-3-4-6-11(10)9-12/h10-13,17H,3-9H2,1-2H3. The average Bonchev–Trinajstić information content (AvgIpc) is 2.80. The summed E-state index contributed by atoms with van der Waals surface area (Å²) < 4.78 is 2.81. The van der Waals surface area contributed by atoms with Gasteiger partial charge in [0.15, 0.2) is 4.60 Å². The molecule has 2 fully saturated rings. The van der Waals surface area contributed by atoms with Crippen molar-refractivity contribution >= 4 is 15.9 Å². The van der Waals surface area contributed by atoms with Gasteiger partial charge >= 0.3 is 0 Å². The highest BCUT2D eigenvalue weighted by molar-refractivity contribution is 9.10. The van der Waals surface area contributed by atoms with Gasteiger partial charge in [-0.25, -0.2) is 4.68 Å². The molecule has 0 aliphatic heterocycles. The molecule has 0 radical (unpaired) electrons.